The molecule has 0 spiro atoms. The fourth-order valence-corrected chi connectivity index (χ4v) is 3.20. The summed E-state index contributed by atoms with van der Waals surface area (Å²) >= 11 is 0. The van der Waals surface area contributed by atoms with Crippen LogP contribution in [0, 0.1) is 18.7 Å². The van der Waals surface area contributed by atoms with Gasteiger partial charge >= 0.3 is 0 Å². The molecule has 2 aromatic rings. The summed E-state index contributed by atoms with van der Waals surface area (Å²) < 4.78 is 14.9. The largest absolute Gasteiger partial charge is 0.393 e. The Kier molecular flexibility index (Phi) is 4.94. The van der Waals surface area contributed by atoms with Crippen molar-refractivity contribution in [1.82, 2.24) is 15.1 Å². The number of benzene rings is 1. The Labute approximate surface area is 140 Å². The van der Waals surface area contributed by atoms with Crippen molar-refractivity contribution in [3.05, 3.63) is 47.5 Å². The van der Waals surface area contributed by atoms with Crippen molar-refractivity contribution < 1.29 is 14.3 Å². The van der Waals surface area contributed by atoms with E-state index in [-0.39, 0.29) is 23.7 Å². The molecule has 1 aliphatic rings. The van der Waals surface area contributed by atoms with E-state index in [0.717, 1.165) is 31.4 Å². The number of nitrogens with zero attached hydrogens (tertiary/aromatic N) is 2. The van der Waals surface area contributed by atoms with Gasteiger partial charge in [0.15, 0.2) is 5.69 Å². The SMILES string of the molecule is Cc1cc(C(=O)NCC2CCCCC2O)nn1-c1cccc(F)c1. The molecule has 3 rings (SSSR count). The van der Waals surface area contributed by atoms with Crippen LogP contribution >= 0.6 is 0 Å². The van der Waals surface area contributed by atoms with Gasteiger partial charge in [0.1, 0.15) is 5.82 Å². The van der Waals surface area contributed by atoms with E-state index in [9.17, 15) is 14.3 Å². The Balaban J connectivity index is 1.69. The lowest BCUT2D eigenvalue weighted by Crippen LogP contribution is -2.36. The highest BCUT2D eigenvalue weighted by Gasteiger charge is 2.24. The van der Waals surface area contributed by atoms with Gasteiger partial charge in [-0.15, -0.1) is 0 Å². The van der Waals surface area contributed by atoms with Crippen LogP contribution in [0.25, 0.3) is 5.69 Å². The maximum absolute atomic E-state index is 13.4. The number of aliphatic hydroxyl groups is 1. The van der Waals surface area contributed by atoms with Crippen LogP contribution in [-0.4, -0.2) is 33.4 Å². The smallest absolute Gasteiger partial charge is 0.271 e. The van der Waals surface area contributed by atoms with Crippen LogP contribution in [-0.2, 0) is 0 Å². The first-order valence-electron chi connectivity index (χ1n) is 8.33. The molecule has 0 saturated heterocycles. The highest BCUT2D eigenvalue weighted by molar-refractivity contribution is 5.92. The summed E-state index contributed by atoms with van der Waals surface area (Å²) in [5.74, 6) is -0.514. The van der Waals surface area contributed by atoms with Gasteiger partial charge in [0.2, 0.25) is 0 Å². The number of aliphatic hydroxyl groups excluding tert-OH is 1. The minimum Gasteiger partial charge on any atom is -0.393 e. The van der Waals surface area contributed by atoms with Gasteiger partial charge in [0, 0.05) is 18.2 Å². The number of nitrogens with one attached hydrogen (secondary N) is 1. The molecule has 0 aliphatic heterocycles. The number of hydrogen-bond acceptors (Lipinski definition) is 3. The van der Waals surface area contributed by atoms with Crippen molar-refractivity contribution in [3.8, 4) is 5.69 Å². The second kappa shape index (κ2) is 7.13. The lowest BCUT2D eigenvalue weighted by molar-refractivity contribution is 0.0661. The molecule has 1 amide bonds. The first-order valence-corrected chi connectivity index (χ1v) is 8.33. The predicted octanol–water partition coefficient (Wildman–Crippen LogP) is 2.60. The van der Waals surface area contributed by atoms with Crippen LogP contribution in [0.2, 0.25) is 0 Å². The van der Waals surface area contributed by atoms with Crippen LogP contribution in [0.15, 0.2) is 30.3 Å². The van der Waals surface area contributed by atoms with Crippen molar-refractivity contribution in [2.45, 2.75) is 38.7 Å². The van der Waals surface area contributed by atoms with Crippen molar-refractivity contribution in [2.75, 3.05) is 6.54 Å². The summed E-state index contributed by atoms with van der Waals surface area (Å²) in [6.07, 6.45) is 3.52. The molecule has 5 nitrogen and oxygen atoms in total. The van der Waals surface area contributed by atoms with Gasteiger partial charge in [0.25, 0.3) is 5.91 Å². The first-order chi connectivity index (χ1) is 11.5. The predicted molar refractivity (Wildman–Crippen MR) is 88.6 cm³/mol. The second-order valence-electron chi connectivity index (χ2n) is 6.38. The van der Waals surface area contributed by atoms with Crippen LogP contribution in [0.4, 0.5) is 4.39 Å². The fraction of sp³-hybridized carbons (Fsp3) is 0.444. The zero-order valence-corrected chi connectivity index (χ0v) is 13.7. The van der Waals surface area contributed by atoms with Gasteiger partial charge in [-0.05, 0) is 44.0 Å². The zero-order valence-electron chi connectivity index (χ0n) is 13.7. The average Bonchev–Trinajstić information content (AvgIpc) is 2.96. The third-order valence-electron chi connectivity index (χ3n) is 4.57. The van der Waals surface area contributed by atoms with Gasteiger partial charge in [0.05, 0.1) is 11.8 Å². The maximum Gasteiger partial charge on any atom is 0.271 e. The van der Waals surface area contributed by atoms with Crippen LogP contribution in [0.3, 0.4) is 0 Å². The quantitative estimate of drug-likeness (QED) is 0.905. The minimum atomic E-state index is -0.348. The molecule has 1 fully saturated rings. The maximum atomic E-state index is 13.4. The second-order valence-corrected chi connectivity index (χ2v) is 6.38. The van der Waals surface area contributed by atoms with Gasteiger partial charge in [-0.25, -0.2) is 9.07 Å². The normalized spacial score (nSPS) is 20.8. The Morgan fingerprint density at radius 1 is 1.38 bits per heavy atom. The highest BCUT2D eigenvalue weighted by Crippen LogP contribution is 2.23. The average molecular weight is 331 g/mol. The molecule has 1 heterocycles. The number of aryl methyl sites for hydroxylation is 1. The summed E-state index contributed by atoms with van der Waals surface area (Å²) in [4.78, 5) is 12.3. The van der Waals surface area contributed by atoms with E-state index in [0.29, 0.717) is 17.9 Å². The van der Waals surface area contributed by atoms with Crippen LogP contribution < -0.4 is 5.32 Å². The zero-order chi connectivity index (χ0) is 17.1. The number of carbonyl (C=O) groups is 1. The Morgan fingerprint density at radius 3 is 2.92 bits per heavy atom. The van der Waals surface area contributed by atoms with Crippen molar-refractivity contribution in [1.29, 1.82) is 0 Å². The molecule has 2 unspecified atom stereocenters. The number of aromatic nitrogens is 2. The van der Waals surface area contributed by atoms with Crippen molar-refractivity contribution >= 4 is 5.91 Å². The molecule has 128 valence electrons. The molecule has 1 saturated carbocycles. The van der Waals surface area contributed by atoms with Crippen molar-refractivity contribution in [2.24, 2.45) is 5.92 Å². The van der Waals surface area contributed by atoms with E-state index in [1.807, 2.05) is 6.92 Å². The number of hydrogen-bond donors (Lipinski definition) is 2. The van der Waals surface area contributed by atoms with E-state index in [2.05, 4.69) is 10.4 Å². The molecule has 1 aliphatic carbocycles. The molecule has 0 radical (unpaired) electrons. The molecule has 24 heavy (non-hydrogen) atoms. The standard InChI is InChI=1S/C18H22FN3O2/c1-12-9-16(21-22(12)15-7-4-6-14(19)10-15)18(24)20-11-13-5-2-3-8-17(13)23/h4,6-7,9-10,13,17,23H,2-3,5,8,11H2,1H3,(H,20,24). The monoisotopic (exact) mass is 331 g/mol. The number of halogens is 1. The molecule has 1 aromatic heterocycles. The van der Waals surface area contributed by atoms with Crippen molar-refractivity contribution in [3.63, 3.8) is 0 Å². The molecule has 2 N–H and O–H groups in total. The third kappa shape index (κ3) is 3.64. The lowest BCUT2D eigenvalue weighted by atomic mass is 9.86. The van der Waals surface area contributed by atoms with Crippen LogP contribution in [0.5, 0.6) is 0 Å². The summed E-state index contributed by atoms with van der Waals surface area (Å²) in [5, 5.41) is 17.1. The van der Waals surface area contributed by atoms with E-state index in [1.54, 1.807) is 22.9 Å². The molecular formula is C18H22FN3O2. The van der Waals surface area contributed by atoms with Crippen LogP contribution in [0.1, 0.15) is 41.9 Å². The Bertz CT molecular complexity index is 729. The van der Waals surface area contributed by atoms with Gasteiger partial charge in [-0.2, -0.15) is 5.10 Å². The summed E-state index contributed by atoms with van der Waals surface area (Å²) in [6.45, 7) is 2.27. The minimum absolute atomic E-state index is 0.106. The lowest BCUT2D eigenvalue weighted by Gasteiger charge is -2.27. The molecule has 2 atom stereocenters. The molecule has 6 heteroatoms. The van der Waals surface area contributed by atoms with E-state index >= 15 is 0 Å². The Hall–Kier alpha value is -2.21. The molecule has 0 bridgehead atoms. The summed E-state index contributed by atoms with van der Waals surface area (Å²) in [7, 11) is 0. The van der Waals surface area contributed by atoms with Gasteiger partial charge < -0.3 is 10.4 Å². The van der Waals surface area contributed by atoms with Gasteiger partial charge in [-0.3, -0.25) is 4.79 Å². The number of carbonyl (C=O) groups excluding carboxylic acids is 1. The van der Waals surface area contributed by atoms with E-state index in [4.69, 9.17) is 0 Å². The fourth-order valence-electron chi connectivity index (χ4n) is 3.20. The van der Waals surface area contributed by atoms with Gasteiger partial charge in [-0.1, -0.05) is 18.9 Å². The first kappa shape index (κ1) is 16.6. The summed E-state index contributed by atoms with van der Waals surface area (Å²) in [6, 6.07) is 7.77. The highest BCUT2D eigenvalue weighted by atomic mass is 19.1. The third-order valence-corrected chi connectivity index (χ3v) is 4.57. The number of rotatable bonds is 4. The van der Waals surface area contributed by atoms with E-state index < -0.39 is 0 Å². The molecule has 1 aromatic carbocycles. The topological polar surface area (TPSA) is 67.2 Å². The number of amides is 1. The molecular weight excluding hydrogens is 309 g/mol. The van der Waals surface area contributed by atoms with E-state index in [1.165, 1.54) is 12.1 Å². The summed E-state index contributed by atoms with van der Waals surface area (Å²) in [5.41, 5.74) is 1.62. The Morgan fingerprint density at radius 2 is 2.17 bits per heavy atom.